The third kappa shape index (κ3) is 4.97. The van der Waals surface area contributed by atoms with Gasteiger partial charge in [0, 0.05) is 0 Å². The molecule has 0 spiro atoms. The van der Waals surface area contributed by atoms with Crippen molar-refractivity contribution in [1.82, 2.24) is 5.01 Å². The second kappa shape index (κ2) is 7.38. The number of hydrogen-bond donors (Lipinski definition) is 1. The number of rotatable bonds is 6. The van der Waals surface area contributed by atoms with E-state index in [1.54, 1.807) is 31.4 Å². The number of carboxylic acid groups (broad SMARTS) is 1. The number of hydrogen-bond acceptors (Lipinski definition) is 4. The highest BCUT2D eigenvalue weighted by Gasteiger charge is 2.14. The fourth-order valence-corrected chi connectivity index (χ4v) is 1.35. The van der Waals surface area contributed by atoms with Crippen LogP contribution in [0.1, 0.15) is 5.56 Å². The average molecular weight is 285 g/mol. The maximum Gasteiger partial charge on any atom is 0.325 e. The van der Waals surface area contributed by atoms with Gasteiger partial charge in [-0.1, -0.05) is 0 Å². The van der Waals surface area contributed by atoms with Crippen LogP contribution < -0.4 is 4.74 Å². The lowest BCUT2D eigenvalue weighted by Crippen LogP contribution is -2.32. The lowest BCUT2D eigenvalue weighted by molar-refractivity contribution is -0.143. The van der Waals surface area contributed by atoms with E-state index in [1.165, 1.54) is 6.21 Å². The molecule has 1 amide bonds. The number of amides is 1. The Hall–Kier alpha value is -2.08. The van der Waals surface area contributed by atoms with Crippen LogP contribution >= 0.6 is 11.6 Å². The van der Waals surface area contributed by atoms with Gasteiger partial charge in [-0.25, -0.2) is 5.01 Å². The Balaban J connectivity index is 2.78. The molecule has 7 heteroatoms. The second-order valence-corrected chi connectivity index (χ2v) is 3.76. The number of nitrogens with zero attached hydrogens (tertiary/aromatic N) is 2. The van der Waals surface area contributed by atoms with Gasteiger partial charge >= 0.3 is 5.97 Å². The van der Waals surface area contributed by atoms with E-state index in [-0.39, 0.29) is 5.88 Å². The third-order valence-electron chi connectivity index (χ3n) is 2.15. The van der Waals surface area contributed by atoms with Crippen molar-refractivity contribution in [2.75, 3.05) is 19.5 Å². The molecule has 0 aliphatic carbocycles. The van der Waals surface area contributed by atoms with Crippen molar-refractivity contribution in [3.8, 4) is 5.75 Å². The van der Waals surface area contributed by atoms with Gasteiger partial charge < -0.3 is 9.84 Å². The minimum absolute atomic E-state index is 0.326. The van der Waals surface area contributed by atoms with Gasteiger partial charge in [0.15, 0.2) is 0 Å². The highest BCUT2D eigenvalue weighted by atomic mass is 35.5. The molecule has 0 radical (unpaired) electrons. The first kappa shape index (κ1) is 15.0. The molecule has 1 rings (SSSR count). The molecule has 102 valence electrons. The summed E-state index contributed by atoms with van der Waals surface area (Å²) in [6.07, 6.45) is 1.38. The first-order valence-corrected chi connectivity index (χ1v) is 5.86. The van der Waals surface area contributed by atoms with Crippen LogP contribution in [0.2, 0.25) is 0 Å². The SMILES string of the molecule is COc1ccc(/C=N/N(CC(=O)O)C(=O)CCl)cc1. The zero-order valence-electron chi connectivity index (χ0n) is 10.2. The van der Waals surface area contributed by atoms with Crippen LogP contribution in [0.4, 0.5) is 0 Å². The molecular formula is C12H13ClN2O4. The first-order chi connectivity index (χ1) is 9.06. The van der Waals surface area contributed by atoms with Crippen molar-refractivity contribution in [3.05, 3.63) is 29.8 Å². The number of carbonyl (C=O) groups excluding carboxylic acids is 1. The van der Waals surface area contributed by atoms with Crippen molar-refractivity contribution >= 4 is 29.7 Å². The largest absolute Gasteiger partial charge is 0.497 e. The number of hydrazone groups is 1. The number of alkyl halides is 1. The molecule has 0 aromatic heterocycles. The van der Waals surface area contributed by atoms with Gasteiger partial charge in [-0.3, -0.25) is 9.59 Å². The zero-order valence-corrected chi connectivity index (χ0v) is 11.0. The molecule has 0 unspecified atom stereocenters. The van der Waals surface area contributed by atoms with Crippen molar-refractivity contribution < 1.29 is 19.4 Å². The maximum atomic E-state index is 11.4. The fourth-order valence-electron chi connectivity index (χ4n) is 1.22. The molecule has 0 aliphatic rings. The van der Waals surface area contributed by atoms with Crippen LogP contribution in [-0.2, 0) is 9.59 Å². The minimum Gasteiger partial charge on any atom is -0.497 e. The second-order valence-electron chi connectivity index (χ2n) is 3.50. The van der Waals surface area contributed by atoms with E-state index in [0.29, 0.717) is 11.3 Å². The van der Waals surface area contributed by atoms with Gasteiger partial charge in [0.2, 0.25) is 0 Å². The van der Waals surface area contributed by atoms with E-state index in [0.717, 1.165) is 5.01 Å². The van der Waals surface area contributed by atoms with Crippen LogP contribution in [-0.4, -0.2) is 47.7 Å². The van der Waals surface area contributed by atoms with Crippen LogP contribution in [0.25, 0.3) is 0 Å². The van der Waals surface area contributed by atoms with E-state index in [1.807, 2.05) is 0 Å². The molecule has 0 saturated heterocycles. The zero-order chi connectivity index (χ0) is 14.3. The quantitative estimate of drug-likeness (QED) is 0.483. The van der Waals surface area contributed by atoms with Crippen molar-refractivity contribution in [1.29, 1.82) is 0 Å². The van der Waals surface area contributed by atoms with E-state index >= 15 is 0 Å². The number of carboxylic acids is 1. The smallest absolute Gasteiger partial charge is 0.325 e. The Morgan fingerprint density at radius 1 is 1.42 bits per heavy atom. The number of carbonyl (C=O) groups is 2. The summed E-state index contributed by atoms with van der Waals surface area (Å²) in [6, 6.07) is 6.91. The number of benzene rings is 1. The van der Waals surface area contributed by atoms with Gasteiger partial charge in [-0.15, -0.1) is 11.6 Å². The van der Waals surface area contributed by atoms with Crippen LogP contribution in [0.15, 0.2) is 29.4 Å². The standard InChI is InChI=1S/C12H13ClN2O4/c1-19-10-4-2-9(3-5-10)7-14-15(8-12(17)18)11(16)6-13/h2-5,7H,6,8H2,1H3,(H,17,18)/b14-7+. The summed E-state index contributed by atoms with van der Waals surface area (Å²) >= 11 is 5.38. The number of ether oxygens (including phenoxy) is 1. The molecule has 6 nitrogen and oxygen atoms in total. The summed E-state index contributed by atoms with van der Waals surface area (Å²) in [4.78, 5) is 22.0. The average Bonchev–Trinajstić information content (AvgIpc) is 2.42. The lowest BCUT2D eigenvalue weighted by Gasteiger charge is -2.12. The topological polar surface area (TPSA) is 79.2 Å². The molecule has 0 saturated carbocycles. The van der Waals surface area contributed by atoms with E-state index < -0.39 is 18.4 Å². The number of methoxy groups -OCH3 is 1. The highest BCUT2D eigenvalue weighted by Crippen LogP contribution is 2.10. The summed E-state index contributed by atoms with van der Waals surface area (Å²) in [6.45, 7) is -0.530. The van der Waals surface area contributed by atoms with Crippen molar-refractivity contribution in [3.63, 3.8) is 0 Å². The molecule has 0 heterocycles. The van der Waals surface area contributed by atoms with Crippen molar-refractivity contribution in [2.24, 2.45) is 5.10 Å². The fraction of sp³-hybridized carbons (Fsp3) is 0.250. The van der Waals surface area contributed by atoms with E-state index in [4.69, 9.17) is 21.4 Å². The van der Waals surface area contributed by atoms with E-state index in [9.17, 15) is 9.59 Å². The Kier molecular flexibility index (Phi) is 5.81. The normalized spacial score (nSPS) is 10.4. The van der Waals surface area contributed by atoms with Gasteiger partial charge in [0.1, 0.15) is 18.2 Å². The molecular weight excluding hydrogens is 272 g/mol. The highest BCUT2D eigenvalue weighted by molar-refractivity contribution is 6.27. The summed E-state index contributed by atoms with van der Waals surface area (Å²) in [5.41, 5.74) is 0.707. The van der Waals surface area contributed by atoms with Gasteiger partial charge in [-0.2, -0.15) is 5.10 Å². The summed E-state index contributed by atoms with van der Waals surface area (Å²) in [5.74, 6) is -1.37. The molecule has 0 atom stereocenters. The molecule has 19 heavy (non-hydrogen) atoms. The number of halogens is 1. The molecule has 0 fully saturated rings. The van der Waals surface area contributed by atoms with Gasteiger partial charge in [0.25, 0.3) is 5.91 Å². The molecule has 1 N–H and O–H groups in total. The van der Waals surface area contributed by atoms with Gasteiger partial charge in [-0.05, 0) is 29.8 Å². The predicted molar refractivity (Wildman–Crippen MR) is 70.7 cm³/mol. The van der Waals surface area contributed by atoms with Crippen LogP contribution in [0.3, 0.4) is 0 Å². The van der Waals surface area contributed by atoms with Gasteiger partial charge in [0.05, 0.1) is 13.3 Å². The summed E-state index contributed by atoms with van der Waals surface area (Å²) in [7, 11) is 1.55. The Bertz CT molecular complexity index is 473. The maximum absolute atomic E-state index is 11.4. The molecule has 0 bridgehead atoms. The van der Waals surface area contributed by atoms with Crippen molar-refractivity contribution in [2.45, 2.75) is 0 Å². The van der Waals surface area contributed by atoms with Crippen LogP contribution in [0.5, 0.6) is 5.75 Å². The van der Waals surface area contributed by atoms with Crippen LogP contribution in [0, 0.1) is 0 Å². The lowest BCUT2D eigenvalue weighted by atomic mass is 10.2. The third-order valence-corrected chi connectivity index (χ3v) is 2.38. The summed E-state index contributed by atoms with van der Waals surface area (Å²) < 4.78 is 5.00. The Morgan fingerprint density at radius 2 is 2.05 bits per heavy atom. The van der Waals surface area contributed by atoms with E-state index in [2.05, 4.69) is 5.10 Å². The minimum atomic E-state index is -1.16. The molecule has 1 aromatic carbocycles. The number of aliphatic carboxylic acids is 1. The summed E-state index contributed by atoms with van der Waals surface area (Å²) in [5, 5.41) is 13.3. The Labute approximate surface area is 115 Å². The predicted octanol–water partition coefficient (Wildman–Crippen LogP) is 1.18. The molecule has 0 aliphatic heterocycles. The molecule has 1 aromatic rings. The first-order valence-electron chi connectivity index (χ1n) is 5.33. The monoisotopic (exact) mass is 284 g/mol. The Morgan fingerprint density at radius 3 is 2.53 bits per heavy atom.